The molecule has 1 aromatic heterocycles. The van der Waals surface area contributed by atoms with E-state index in [1.54, 1.807) is 0 Å². The van der Waals surface area contributed by atoms with Crippen LogP contribution in [0.1, 0.15) is 17.0 Å². The van der Waals surface area contributed by atoms with E-state index in [-0.39, 0.29) is 0 Å². The molecule has 24 heavy (non-hydrogen) atoms. The van der Waals surface area contributed by atoms with Crippen LogP contribution in [0.25, 0.3) is 0 Å². The molecule has 0 bridgehead atoms. The Bertz CT molecular complexity index is 848. The molecule has 0 unspecified atom stereocenters. The Morgan fingerprint density at radius 2 is 1.71 bits per heavy atom. The molecule has 3 rings (SSSR count). The predicted octanol–water partition coefficient (Wildman–Crippen LogP) is 5.21. The van der Waals surface area contributed by atoms with Crippen LogP contribution in [0.15, 0.2) is 59.1 Å². The highest BCUT2D eigenvalue weighted by molar-refractivity contribution is 9.10. The van der Waals surface area contributed by atoms with Gasteiger partial charge in [-0.1, -0.05) is 46.3 Å². The molecule has 0 spiro atoms. The van der Waals surface area contributed by atoms with Crippen molar-refractivity contribution in [3.63, 3.8) is 0 Å². The Hall–Kier alpha value is -2.40. The summed E-state index contributed by atoms with van der Waals surface area (Å²) >= 11 is 3.48. The lowest BCUT2D eigenvalue weighted by Gasteiger charge is -2.11. The number of nitrogens with one attached hydrogen (secondary N) is 2. The first kappa shape index (κ1) is 16.5. The van der Waals surface area contributed by atoms with E-state index in [4.69, 9.17) is 0 Å². The van der Waals surface area contributed by atoms with Crippen LogP contribution in [0.2, 0.25) is 0 Å². The van der Waals surface area contributed by atoms with Crippen LogP contribution in [-0.2, 0) is 6.54 Å². The van der Waals surface area contributed by atoms with Crippen LogP contribution in [0.4, 0.5) is 17.3 Å². The average molecular weight is 383 g/mol. The molecule has 0 atom stereocenters. The Morgan fingerprint density at radius 3 is 2.50 bits per heavy atom. The van der Waals surface area contributed by atoms with Gasteiger partial charge in [-0.25, -0.2) is 9.97 Å². The summed E-state index contributed by atoms with van der Waals surface area (Å²) in [5.74, 6) is 2.30. The second kappa shape index (κ2) is 7.45. The van der Waals surface area contributed by atoms with Gasteiger partial charge in [0.05, 0.1) is 0 Å². The third kappa shape index (κ3) is 4.32. The molecule has 5 heteroatoms. The number of halogens is 1. The monoisotopic (exact) mass is 382 g/mol. The lowest BCUT2D eigenvalue weighted by Crippen LogP contribution is -2.06. The second-order valence-electron chi connectivity index (χ2n) is 5.60. The Labute approximate surface area is 150 Å². The van der Waals surface area contributed by atoms with E-state index >= 15 is 0 Å². The number of rotatable bonds is 5. The fraction of sp³-hybridized carbons (Fsp3) is 0.158. The van der Waals surface area contributed by atoms with Crippen molar-refractivity contribution in [2.75, 3.05) is 10.6 Å². The summed E-state index contributed by atoms with van der Waals surface area (Å²) < 4.78 is 1.02. The van der Waals surface area contributed by atoms with E-state index in [2.05, 4.69) is 61.7 Å². The smallest absolute Gasteiger partial charge is 0.136 e. The van der Waals surface area contributed by atoms with Gasteiger partial charge in [0.15, 0.2) is 0 Å². The largest absolute Gasteiger partial charge is 0.366 e. The minimum Gasteiger partial charge on any atom is -0.366 e. The zero-order valence-corrected chi connectivity index (χ0v) is 15.3. The van der Waals surface area contributed by atoms with Gasteiger partial charge in [0, 0.05) is 22.8 Å². The average Bonchev–Trinajstić information content (AvgIpc) is 2.53. The summed E-state index contributed by atoms with van der Waals surface area (Å²) in [6.45, 7) is 4.74. The number of nitrogens with zero attached hydrogens (tertiary/aromatic N) is 2. The normalized spacial score (nSPS) is 10.5. The summed E-state index contributed by atoms with van der Waals surface area (Å²) in [7, 11) is 0. The van der Waals surface area contributed by atoms with Gasteiger partial charge < -0.3 is 10.6 Å². The number of aryl methyl sites for hydroxylation is 2. The van der Waals surface area contributed by atoms with E-state index in [1.807, 2.05) is 43.3 Å². The van der Waals surface area contributed by atoms with E-state index in [1.165, 1.54) is 11.1 Å². The van der Waals surface area contributed by atoms with Crippen LogP contribution in [0.3, 0.4) is 0 Å². The molecule has 3 aromatic rings. The van der Waals surface area contributed by atoms with Gasteiger partial charge in [0.1, 0.15) is 17.5 Å². The van der Waals surface area contributed by atoms with Crippen LogP contribution >= 0.6 is 15.9 Å². The van der Waals surface area contributed by atoms with Crippen molar-refractivity contribution in [1.29, 1.82) is 0 Å². The van der Waals surface area contributed by atoms with Crippen molar-refractivity contribution in [3.05, 3.63) is 76.0 Å². The van der Waals surface area contributed by atoms with E-state index in [0.29, 0.717) is 0 Å². The fourth-order valence-corrected chi connectivity index (χ4v) is 2.83. The molecular weight excluding hydrogens is 364 g/mol. The standard InChI is InChI=1S/C19H19BrN4/c1-13-6-3-4-7-15(13)12-21-18-11-19(23-14(2)22-18)24-17-9-5-8-16(20)10-17/h3-11H,12H2,1-2H3,(H2,21,22,23,24). The van der Waals surface area contributed by atoms with Crippen molar-refractivity contribution in [2.45, 2.75) is 20.4 Å². The number of hydrogen-bond donors (Lipinski definition) is 2. The summed E-state index contributed by atoms with van der Waals surface area (Å²) in [6.07, 6.45) is 0. The van der Waals surface area contributed by atoms with Crippen LogP contribution in [0.5, 0.6) is 0 Å². The van der Waals surface area contributed by atoms with Gasteiger partial charge in [-0.2, -0.15) is 0 Å². The maximum Gasteiger partial charge on any atom is 0.136 e. The van der Waals surface area contributed by atoms with Gasteiger partial charge in [-0.05, 0) is 43.2 Å². The maximum atomic E-state index is 4.47. The highest BCUT2D eigenvalue weighted by Crippen LogP contribution is 2.21. The van der Waals surface area contributed by atoms with E-state index < -0.39 is 0 Å². The van der Waals surface area contributed by atoms with Crippen molar-refractivity contribution in [2.24, 2.45) is 0 Å². The molecule has 0 aliphatic rings. The second-order valence-corrected chi connectivity index (χ2v) is 6.52. The molecule has 0 saturated heterocycles. The number of anilines is 3. The molecule has 4 nitrogen and oxygen atoms in total. The number of hydrogen-bond acceptors (Lipinski definition) is 4. The quantitative estimate of drug-likeness (QED) is 0.635. The molecule has 0 amide bonds. The van der Waals surface area contributed by atoms with Crippen LogP contribution in [0, 0.1) is 13.8 Å². The maximum absolute atomic E-state index is 4.47. The van der Waals surface area contributed by atoms with Crippen molar-refractivity contribution in [1.82, 2.24) is 9.97 Å². The minimum atomic E-state index is 0.724. The fourth-order valence-electron chi connectivity index (χ4n) is 2.43. The Morgan fingerprint density at radius 1 is 0.917 bits per heavy atom. The Balaban J connectivity index is 1.75. The highest BCUT2D eigenvalue weighted by atomic mass is 79.9. The molecule has 1 heterocycles. The lowest BCUT2D eigenvalue weighted by atomic mass is 10.1. The number of aromatic nitrogens is 2. The van der Waals surface area contributed by atoms with Gasteiger partial charge in [0.25, 0.3) is 0 Å². The Kier molecular flexibility index (Phi) is 5.11. The van der Waals surface area contributed by atoms with Gasteiger partial charge in [-0.3, -0.25) is 0 Å². The van der Waals surface area contributed by atoms with Gasteiger partial charge in [-0.15, -0.1) is 0 Å². The predicted molar refractivity (Wildman–Crippen MR) is 103 cm³/mol. The van der Waals surface area contributed by atoms with Crippen LogP contribution in [-0.4, -0.2) is 9.97 Å². The molecule has 0 radical (unpaired) electrons. The molecule has 2 N–H and O–H groups in total. The lowest BCUT2D eigenvalue weighted by molar-refractivity contribution is 1.02. The van der Waals surface area contributed by atoms with E-state index in [0.717, 1.165) is 34.2 Å². The molecule has 0 saturated carbocycles. The first-order chi connectivity index (χ1) is 11.6. The summed E-state index contributed by atoms with van der Waals surface area (Å²) in [4.78, 5) is 8.92. The number of benzene rings is 2. The third-order valence-electron chi connectivity index (χ3n) is 3.66. The molecule has 2 aromatic carbocycles. The molecule has 0 aliphatic carbocycles. The van der Waals surface area contributed by atoms with E-state index in [9.17, 15) is 0 Å². The summed E-state index contributed by atoms with van der Waals surface area (Å²) in [6, 6.07) is 18.2. The zero-order chi connectivity index (χ0) is 16.9. The summed E-state index contributed by atoms with van der Waals surface area (Å²) in [5.41, 5.74) is 3.51. The van der Waals surface area contributed by atoms with Crippen molar-refractivity contribution >= 4 is 33.3 Å². The topological polar surface area (TPSA) is 49.8 Å². The zero-order valence-electron chi connectivity index (χ0n) is 13.7. The SMILES string of the molecule is Cc1nc(NCc2ccccc2C)cc(Nc2cccc(Br)c2)n1. The van der Waals surface area contributed by atoms with Crippen molar-refractivity contribution < 1.29 is 0 Å². The first-order valence-electron chi connectivity index (χ1n) is 7.77. The molecular formula is C19H19BrN4. The molecule has 0 fully saturated rings. The molecule has 122 valence electrons. The highest BCUT2D eigenvalue weighted by Gasteiger charge is 2.04. The third-order valence-corrected chi connectivity index (χ3v) is 4.15. The first-order valence-corrected chi connectivity index (χ1v) is 8.56. The van der Waals surface area contributed by atoms with Crippen LogP contribution < -0.4 is 10.6 Å². The van der Waals surface area contributed by atoms with Gasteiger partial charge in [0.2, 0.25) is 0 Å². The minimum absolute atomic E-state index is 0.724. The van der Waals surface area contributed by atoms with Crippen molar-refractivity contribution in [3.8, 4) is 0 Å². The summed E-state index contributed by atoms with van der Waals surface area (Å²) in [5, 5.41) is 6.69. The van der Waals surface area contributed by atoms with Gasteiger partial charge >= 0.3 is 0 Å². The molecule has 0 aliphatic heterocycles.